The van der Waals surface area contributed by atoms with Crippen LogP contribution in [-0.4, -0.2) is 43.4 Å². The molecule has 1 aliphatic carbocycles. The highest BCUT2D eigenvalue weighted by Crippen LogP contribution is 2.35. The molecule has 1 saturated carbocycles. The van der Waals surface area contributed by atoms with E-state index in [1.54, 1.807) is 7.05 Å². The van der Waals surface area contributed by atoms with Crippen LogP contribution in [-0.2, 0) is 6.54 Å². The van der Waals surface area contributed by atoms with Gasteiger partial charge in [-0.2, -0.15) is 0 Å². The van der Waals surface area contributed by atoms with Crippen molar-refractivity contribution in [2.45, 2.75) is 39.2 Å². The molecule has 1 aromatic carbocycles. The van der Waals surface area contributed by atoms with Crippen molar-refractivity contribution in [1.82, 2.24) is 15.5 Å². The minimum atomic E-state index is -0.0543. The standard InChI is InChI=1S/C20H30N4O.HI/c1-3-22-20(24-13-17-8-4-5-9-18(17)14-24)23-12-15-7-6-10-16(11-15)19(25)21-2;/h6-7,10-11,17-18H,3-5,8-9,12-14H2,1-2H3,(H,21,25)(H,22,23);1H. The monoisotopic (exact) mass is 470 g/mol. The number of rotatable bonds is 4. The maximum Gasteiger partial charge on any atom is 0.251 e. The van der Waals surface area contributed by atoms with E-state index in [2.05, 4.69) is 22.5 Å². The van der Waals surface area contributed by atoms with Crippen molar-refractivity contribution < 1.29 is 4.79 Å². The zero-order valence-corrected chi connectivity index (χ0v) is 18.2. The zero-order chi connectivity index (χ0) is 17.6. The molecule has 1 amide bonds. The summed E-state index contributed by atoms with van der Waals surface area (Å²) >= 11 is 0. The quantitative estimate of drug-likeness (QED) is 0.404. The Morgan fingerprint density at radius 3 is 2.54 bits per heavy atom. The number of carbonyl (C=O) groups excluding carboxylic acids is 1. The van der Waals surface area contributed by atoms with Crippen LogP contribution >= 0.6 is 24.0 Å². The number of nitrogens with zero attached hydrogens (tertiary/aromatic N) is 2. The van der Waals surface area contributed by atoms with E-state index in [0.717, 1.165) is 43.0 Å². The van der Waals surface area contributed by atoms with E-state index in [9.17, 15) is 4.79 Å². The third-order valence-corrected chi connectivity index (χ3v) is 5.44. The van der Waals surface area contributed by atoms with Crippen molar-refractivity contribution in [1.29, 1.82) is 0 Å². The first-order valence-electron chi connectivity index (χ1n) is 9.55. The molecule has 0 bridgehead atoms. The predicted molar refractivity (Wildman–Crippen MR) is 117 cm³/mol. The average Bonchev–Trinajstić information content (AvgIpc) is 3.08. The lowest BCUT2D eigenvalue weighted by molar-refractivity contribution is 0.0963. The van der Waals surface area contributed by atoms with Crippen LogP contribution in [0.1, 0.15) is 48.5 Å². The van der Waals surface area contributed by atoms with Crippen LogP contribution in [0.3, 0.4) is 0 Å². The van der Waals surface area contributed by atoms with Gasteiger partial charge in [-0.25, -0.2) is 4.99 Å². The maximum absolute atomic E-state index is 11.8. The van der Waals surface area contributed by atoms with Crippen molar-refractivity contribution in [3.05, 3.63) is 35.4 Å². The van der Waals surface area contributed by atoms with Crippen molar-refractivity contribution in [3.8, 4) is 0 Å². The topological polar surface area (TPSA) is 56.7 Å². The van der Waals surface area contributed by atoms with Crippen LogP contribution in [0.25, 0.3) is 0 Å². The van der Waals surface area contributed by atoms with Gasteiger partial charge in [-0.05, 0) is 49.3 Å². The van der Waals surface area contributed by atoms with E-state index < -0.39 is 0 Å². The zero-order valence-electron chi connectivity index (χ0n) is 15.8. The summed E-state index contributed by atoms with van der Waals surface area (Å²) < 4.78 is 0. The van der Waals surface area contributed by atoms with Gasteiger partial charge in [0.1, 0.15) is 0 Å². The van der Waals surface area contributed by atoms with Gasteiger partial charge >= 0.3 is 0 Å². The summed E-state index contributed by atoms with van der Waals surface area (Å²) in [5.41, 5.74) is 1.75. The number of aliphatic imine (C=N–C) groups is 1. The summed E-state index contributed by atoms with van der Waals surface area (Å²) in [5, 5.41) is 6.12. The Labute approximate surface area is 174 Å². The van der Waals surface area contributed by atoms with Crippen LogP contribution in [0.5, 0.6) is 0 Å². The molecule has 3 rings (SSSR count). The minimum absolute atomic E-state index is 0. The molecule has 6 heteroatoms. The Hall–Kier alpha value is -1.31. The fourth-order valence-electron chi connectivity index (χ4n) is 4.13. The Morgan fingerprint density at radius 2 is 1.92 bits per heavy atom. The second kappa shape index (κ2) is 10.1. The lowest BCUT2D eigenvalue weighted by Gasteiger charge is -2.22. The van der Waals surface area contributed by atoms with Gasteiger partial charge in [-0.1, -0.05) is 25.0 Å². The van der Waals surface area contributed by atoms with Crippen molar-refractivity contribution in [2.75, 3.05) is 26.7 Å². The van der Waals surface area contributed by atoms with Gasteiger partial charge in [0.05, 0.1) is 6.54 Å². The van der Waals surface area contributed by atoms with E-state index in [1.807, 2.05) is 24.3 Å². The molecule has 2 fully saturated rings. The average molecular weight is 470 g/mol. The summed E-state index contributed by atoms with van der Waals surface area (Å²) in [6.07, 6.45) is 5.51. The number of halogens is 1. The van der Waals surface area contributed by atoms with Gasteiger partial charge in [-0.15, -0.1) is 24.0 Å². The van der Waals surface area contributed by atoms with Gasteiger partial charge in [0.2, 0.25) is 0 Å². The van der Waals surface area contributed by atoms with Gasteiger partial charge in [-0.3, -0.25) is 4.79 Å². The number of hydrogen-bond donors (Lipinski definition) is 2. The minimum Gasteiger partial charge on any atom is -0.357 e. The number of guanidine groups is 1. The lowest BCUT2D eigenvalue weighted by atomic mass is 9.82. The van der Waals surface area contributed by atoms with Crippen LogP contribution in [0.15, 0.2) is 29.3 Å². The Bertz CT molecular complexity index is 620. The number of hydrogen-bond acceptors (Lipinski definition) is 2. The van der Waals surface area contributed by atoms with Gasteiger partial charge in [0.15, 0.2) is 5.96 Å². The van der Waals surface area contributed by atoms with Gasteiger partial charge < -0.3 is 15.5 Å². The fraction of sp³-hybridized carbons (Fsp3) is 0.600. The van der Waals surface area contributed by atoms with E-state index in [-0.39, 0.29) is 29.9 Å². The molecule has 0 radical (unpaired) electrons. The van der Waals surface area contributed by atoms with E-state index in [4.69, 9.17) is 4.99 Å². The number of fused-ring (bicyclic) bond motifs is 1. The van der Waals surface area contributed by atoms with Crippen LogP contribution in [0, 0.1) is 11.8 Å². The predicted octanol–water partition coefficient (Wildman–Crippen LogP) is 3.25. The largest absolute Gasteiger partial charge is 0.357 e. The third kappa shape index (κ3) is 5.11. The first-order valence-corrected chi connectivity index (χ1v) is 9.55. The summed E-state index contributed by atoms with van der Waals surface area (Å²) in [6.45, 7) is 5.86. The summed E-state index contributed by atoms with van der Waals surface area (Å²) in [7, 11) is 1.66. The fourth-order valence-corrected chi connectivity index (χ4v) is 4.13. The highest BCUT2D eigenvalue weighted by Gasteiger charge is 2.35. The molecular weight excluding hydrogens is 439 g/mol. The normalized spacial score (nSPS) is 22.4. The lowest BCUT2D eigenvalue weighted by Crippen LogP contribution is -2.40. The summed E-state index contributed by atoms with van der Waals surface area (Å²) in [6, 6.07) is 7.72. The van der Waals surface area contributed by atoms with Crippen LogP contribution in [0.2, 0.25) is 0 Å². The third-order valence-electron chi connectivity index (χ3n) is 5.44. The molecule has 5 nitrogen and oxygen atoms in total. The van der Waals surface area contributed by atoms with E-state index in [1.165, 1.54) is 25.7 Å². The van der Waals surface area contributed by atoms with E-state index in [0.29, 0.717) is 12.1 Å². The number of carbonyl (C=O) groups is 1. The molecule has 2 aliphatic rings. The molecule has 2 atom stereocenters. The van der Waals surface area contributed by atoms with Crippen molar-refractivity contribution >= 4 is 35.8 Å². The first-order chi connectivity index (χ1) is 12.2. The highest BCUT2D eigenvalue weighted by atomic mass is 127. The van der Waals surface area contributed by atoms with Gasteiger partial charge in [0.25, 0.3) is 5.91 Å². The number of amides is 1. The molecular formula is C20H31IN4O. The molecule has 2 N–H and O–H groups in total. The molecule has 1 aromatic rings. The van der Waals surface area contributed by atoms with Crippen molar-refractivity contribution in [3.63, 3.8) is 0 Å². The molecule has 1 heterocycles. The summed E-state index contributed by atoms with van der Waals surface area (Å²) in [5.74, 6) is 2.65. The summed E-state index contributed by atoms with van der Waals surface area (Å²) in [4.78, 5) is 19.1. The first kappa shape index (κ1) is 21.0. The SMILES string of the molecule is CCNC(=NCc1cccc(C(=O)NC)c1)N1CC2CCCCC2C1.I. The number of benzene rings is 1. The molecule has 26 heavy (non-hydrogen) atoms. The Morgan fingerprint density at radius 1 is 1.23 bits per heavy atom. The highest BCUT2D eigenvalue weighted by molar-refractivity contribution is 14.0. The maximum atomic E-state index is 11.8. The molecule has 1 saturated heterocycles. The van der Waals surface area contributed by atoms with E-state index >= 15 is 0 Å². The smallest absolute Gasteiger partial charge is 0.251 e. The molecule has 0 spiro atoms. The molecule has 144 valence electrons. The van der Waals surface area contributed by atoms with Gasteiger partial charge in [0, 0.05) is 32.2 Å². The van der Waals surface area contributed by atoms with Crippen LogP contribution in [0.4, 0.5) is 0 Å². The Balaban J connectivity index is 0.00000243. The van der Waals surface area contributed by atoms with Crippen LogP contribution < -0.4 is 10.6 Å². The number of nitrogens with one attached hydrogen (secondary N) is 2. The molecule has 1 aliphatic heterocycles. The second-order valence-corrected chi connectivity index (χ2v) is 7.16. The van der Waals surface area contributed by atoms with Crippen molar-refractivity contribution in [2.24, 2.45) is 16.8 Å². The molecule has 2 unspecified atom stereocenters. The number of likely N-dealkylation sites (tertiary alicyclic amines) is 1. The Kier molecular flexibility index (Phi) is 8.18. The second-order valence-electron chi connectivity index (χ2n) is 7.16. The molecule has 0 aromatic heterocycles.